The van der Waals surface area contributed by atoms with E-state index in [0.717, 1.165) is 21.7 Å². The molecular weight excluding hydrogens is 374 g/mol. The molecule has 0 fully saturated rings. The number of aromatic nitrogens is 2. The van der Waals surface area contributed by atoms with Gasteiger partial charge in [0.2, 0.25) is 0 Å². The number of nitrogens with one attached hydrogen (secondary N) is 1. The molecule has 0 unspecified atom stereocenters. The second-order valence-corrected chi connectivity index (χ2v) is 7.76. The number of anilines is 1. The van der Waals surface area contributed by atoms with Crippen molar-refractivity contribution in [2.24, 2.45) is 0 Å². The standard InChI is InChI=1S/C21H21N3O3S/c1-11-8-13(3)16(9-12(11)2)18-14(4)28-21(23-18)24-19(25)17-7-6-15(10-22-17)20(26)27-5/h6-10H,1-5H3,(H,23,24,25). The van der Waals surface area contributed by atoms with Crippen molar-refractivity contribution in [3.63, 3.8) is 0 Å². The van der Waals surface area contributed by atoms with Gasteiger partial charge in [-0.15, -0.1) is 11.3 Å². The molecule has 0 aliphatic heterocycles. The van der Waals surface area contributed by atoms with Crippen LogP contribution in [0.1, 0.15) is 42.4 Å². The molecule has 0 spiro atoms. The lowest BCUT2D eigenvalue weighted by atomic mass is 9.98. The van der Waals surface area contributed by atoms with Gasteiger partial charge in [-0.2, -0.15) is 0 Å². The lowest BCUT2D eigenvalue weighted by Gasteiger charge is -2.08. The van der Waals surface area contributed by atoms with E-state index in [0.29, 0.717) is 5.13 Å². The third-order valence-electron chi connectivity index (χ3n) is 4.53. The molecule has 28 heavy (non-hydrogen) atoms. The van der Waals surface area contributed by atoms with E-state index in [1.54, 1.807) is 0 Å². The molecule has 0 radical (unpaired) electrons. The number of methoxy groups -OCH3 is 1. The highest BCUT2D eigenvalue weighted by molar-refractivity contribution is 7.16. The number of aryl methyl sites for hydroxylation is 4. The maximum atomic E-state index is 12.5. The van der Waals surface area contributed by atoms with E-state index in [1.165, 1.54) is 47.9 Å². The number of hydrogen-bond donors (Lipinski definition) is 1. The van der Waals surface area contributed by atoms with Crippen LogP contribution in [-0.2, 0) is 4.74 Å². The van der Waals surface area contributed by atoms with Crippen LogP contribution < -0.4 is 5.32 Å². The van der Waals surface area contributed by atoms with Crippen molar-refractivity contribution in [1.82, 2.24) is 9.97 Å². The van der Waals surface area contributed by atoms with E-state index < -0.39 is 5.97 Å². The predicted octanol–water partition coefficient (Wildman–Crippen LogP) is 4.48. The molecule has 1 aromatic carbocycles. The molecule has 3 rings (SSSR count). The van der Waals surface area contributed by atoms with Gasteiger partial charge in [-0.1, -0.05) is 6.07 Å². The number of rotatable bonds is 4. The van der Waals surface area contributed by atoms with Crippen LogP contribution in [0.25, 0.3) is 11.3 Å². The molecule has 0 aliphatic rings. The number of ether oxygens (including phenoxy) is 1. The Labute approximate surface area is 167 Å². The number of benzene rings is 1. The summed E-state index contributed by atoms with van der Waals surface area (Å²) in [5, 5.41) is 3.30. The van der Waals surface area contributed by atoms with Crippen molar-refractivity contribution in [1.29, 1.82) is 0 Å². The zero-order valence-corrected chi connectivity index (χ0v) is 17.2. The maximum absolute atomic E-state index is 12.5. The van der Waals surface area contributed by atoms with E-state index in [2.05, 4.69) is 52.9 Å². The van der Waals surface area contributed by atoms with Gasteiger partial charge >= 0.3 is 5.97 Å². The number of nitrogens with zero attached hydrogens (tertiary/aromatic N) is 2. The Morgan fingerprint density at radius 2 is 1.75 bits per heavy atom. The van der Waals surface area contributed by atoms with E-state index >= 15 is 0 Å². The molecule has 1 N–H and O–H groups in total. The smallest absolute Gasteiger partial charge is 0.339 e. The topological polar surface area (TPSA) is 81.2 Å². The maximum Gasteiger partial charge on any atom is 0.339 e. The largest absolute Gasteiger partial charge is 0.465 e. The van der Waals surface area contributed by atoms with Gasteiger partial charge in [0.05, 0.1) is 18.4 Å². The fourth-order valence-corrected chi connectivity index (χ4v) is 3.67. The number of esters is 1. The molecular formula is C21H21N3O3S. The third kappa shape index (κ3) is 3.94. The van der Waals surface area contributed by atoms with Gasteiger partial charge in [0.15, 0.2) is 5.13 Å². The summed E-state index contributed by atoms with van der Waals surface area (Å²) in [7, 11) is 1.29. The summed E-state index contributed by atoms with van der Waals surface area (Å²) < 4.78 is 4.63. The molecule has 0 saturated heterocycles. The van der Waals surface area contributed by atoms with Crippen molar-refractivity contribution in [2.45, 2.75) is 27.7 Å². The van der Waals surface area contributed by atoms with Crippen LogP contribution in [0.2, 0.25) is 0 Å². The molecule has 1 amide bonds. The van der Waals surface area contributed by atoms with E-state index in [4.69, 9.17) is 0 Å². The van der Waals surface area contributed by atoms with Crippen molar-refractivity contribution >= 4 is 28.3 Å². The highest BCUT2D eigenvalue weighted by Crippen LogP contribution is 2.33. The average Bonchev–Trinajstić information content (AvgIpc) is 3.03. The van der Waals surface area contributed by atoms with Crippen molar-refractivity contribution in [2.75, 3.05) is 12.4 Å². The molecule has 2 aromatic heterocycles. The summed E-state index contributed by atoms with van der Waals surface area (Å²) in [5.74, 6) is -0.878. The zero-order valence-electron chi connectivity index (χ0n) is 16.4. The van der Waals surface area contributed by atoms with Gasteiger partial charge < -0.3 is 4.74 Å². The molecule has 0 saturated carbocycles. The van der Waals surface area contributed by atoms with Crippen LogP contribution in [0.3, 0.4) is 0 Å². The van der Waals surface area contributed by atoms with Gasteiger partial charge in [-0.05, 0) is 62.6 Å². The Morgan fingerprint density at radius 1 is 1.04 bits per heavy atom. The molecule has 0 bridgehead atoms. The van der Waals surface area contributed by atoms with Crippen LogP contribution in [0.5, 0.6) is 0 Å². The molecule has 3 aromatic rings. The SMILES string of the molecule is COC(=O)c1ccc(C(=O)Nc2nc(-c3cc(C)c(C)cc3C)c(C)s2)nc1. The van der Waals surface area contributed by atoms with Gasteiger partial charge in [-0.3, -0.25) is 15.1 Å². The number of carbonyl (C=O) groups is 2. The molecule has 0 aliphatic carbocycles. The quantitative estimate of drug-likeness (QED) is 0.659. The third-order valence-corrected chi connectivity index (χ3v) is 5.42. The van der Waals surface area contributed by atoms with Gasteiger partial charge in [-0.25, -0.2) is 9.78 Å². The summed E-state index contributed by atoms with van der Waals surface area (Å²) in [6.07, 6.45) is 1.32. The number of thiazole rings is 1. The van der Waals surface area contributed by atoms with E-state index in [-0.39, 0.29) is 17.2 Å². The summed E-state index contributed by atoms with van der Waals surface area (Å²) in [6, 6.07) is 7.26. The highest BCUT2D eigenvalue weighted by atomic mass is 32.1. The minimum absolute atomic E-state index is 0.199. The summed E-state index contributed by atoms with van der Waals surface area (Å²) in [6.45, 7) is 8.21. The van der Waals surface area contributed by atoms with Gasteiger partial charge in [0.1, 0.15) is 5.69 Å². The first-order chi connectivity index (χ1) is 13.3. The Morgan fingerprint density at radius 3 is 2.39 bits per heavy atom. The van der Waals surface area contributed by atoms with Gasteiger partial charge in [0.25, 0.3) is 5.91 Å². The Bertz CT molecular complexity index is 1060. The normalized spacial score (nSPS) is 10.6. The second-order valence-electron chi connectivity index (χ2n) is 6.55. The van der Waals surface area contributed by atoms with Crippen molar-refractivity contribution < 1.29 is 14.3 Å². The van der Waals surface area contributed by atoms with Crippen LogP contribution in [0.4, 0.5) is 5.13 Å². The molecule has 6 nitrogen and oxygen atoms in total. The molecule has 144 valence electrons. The van der Waals surface area contributed by atoms with Crippen molar-refractivity contribution in [3.05, 3.63) is 63.3 Å². The van der Waals surface area contributed by atoms with E-state index in [1.807, 2.05) is 6.92 Å². The first-order valence-electron chi connectivity index (χ1n) is 8.71. The van der Waals surface area contributed by atoms with E-state index in [9.17, 15) is 9.59 Å². The lowest BCUT2D eigenvalue weighted by molar-refractivity contribution is 0.0600. The number of pyridine rings is 1. The Kier molecular flexibility index (Phi) is 5.56. The minimum atomic E-state index is -0.497. The lowest BCUT2D eigenvalue weighted by Crippen LogP contribution is -2.14. The molecule has 0 atom stereocenters. The Balaban J connectivity index is 1.83. The summed E-state index contributed by atoms with van der Waals surface area (Å²) >= 11 is 1.42. The first-order valence-corrected chi connectivity index (χ1v) is 9.53. The molecule has 7 heteroatoms. The van der Waals surface area contributed by atoms with Crippen LogP contribution in [-0.4, -0.2) is 29.0 Å². The fraction of sp³-hybridized carbons (Fsp3) is 0.238. The minimum Gasteiger partial charge on any atom is -0.465 e. The van der Waals surface area contributed by atoms with Crippen LogP contribution in [0, 0.1) is 27.7 Å². The number of hydrogen-bond acceptors (Lipinski definition) is 6. The second kappa shape index (κ2) is 7.90. The summed E-state index contributed by atoms with van der Waals surface area (Å²) in [5.41, 5.74) is 6.01. The monoisotopic (exact) mass is 395 g/mol. The van der Waals surface area contributed by atoms with Crippen LogP contribution >= 0.6 is 11.3 Å². The Hall–Kier alpha value is -3.06. The van der Waals surface area contributed by atoms with Gasteiger partial charge in [0, 0.05) is 16.6 Å². The predicted molar refractivity (Wildman–Crippen MR) is 110 cm³/mol. The van der Waals surface area contributed by atoms with Crippen molar-refractivity contribution in [3.8, 4) is 11.3 Å². The summed E-state index contributed by atoms with van der Waals surface area (Å²) in [4.78, 5) is 33.6. The highest BCUT2D eigenvalue weighted by Gasteiger charge is 2.16. The number of carbonyl (C=O) groups excluding carboxylic acids is 2. The fourth-order valence-electron chi connectivity index (χ4n) is 2.84. The average molecular weight is 395 g/mol. The zero-order chi connectivity index (χ0) is 20.4. The van der Waals surface area contributed by atoms with Crippen LogP contribution in [0.15, 0.2) is 30.5 Å². The first kappa shape index (κ1) is 19.7. The molecule has 2 heterocycles. The number of amides is 1.